The molecule has 0 spiro atoms. The van der Waals surface area contributed by atoms with E-state index in [0.29, 0.717) is 56.6 Å². The van der Waals surface area contributed by atoms with E-state index in [-0.39, 0.29) is 12.2 Å². The van der Waals surface area contributed by atoms with E-state index in [0.717, 1.165) is 5.56 Å². The van der Waals surface area contributed by atoms with Crippen molar-refractivity contribution in [3.05, 3.63) is 84.5 Å². The molecule has 9 heteroatoms. The smallest absolute Gasteiger partial charge is 0.338 e. The lowest BCUT2D eigenvalue weighted by Gasteiger charge is -2.25. The second kappa shape index (κ2) is 9.42. The first-order chi connectivity index (χ1) is 17.0. The summed E-state index contributed by atoms with van der Waals surface area (Å²) in [4.78, 5) is 31.9. The van der Waals surface area contributed by atoms with Crippen molar-refractivity contribution in [3.63, 3.8) is 0 Å². The Kier molecular flexibility index (Phi) is 6.17. The summed E-state index contributed by atoms with van der Waals surface area (Å²) in [6, 6.07) is 12.2. The lowest BCUT2D eigenvalue weighted by molar-refractivity contribution is -0.139. The maximum absolute atomic E-state index is 13.7. The number of benzene rings is 2. The van der Waals surface area contributed by atoms with Gasteiger partial charge in [-0.05, 0) is 43.7 Å². The van der Waals surface area contributed by atoms with Crippen molar-refractivity contribution < 1.29 is 23.7 Å². The largest absolute Gasteiger partial charge is 0.496 e. The van der Waals surface area contributed by atoms with Crippen molar-refractivity contribution in [3.8, 4) is 17.2 Å². The van der Waals surface area contributed by atoms with Crippen LogP contribution in [0.25, 0.3) is 6.08 Å². The molecule has 0 aliphatic carbocycles. The lowest BCUT2D eigenvalue weighted by Crippen LogP contribution is -2.40. The van der Waals surface area contributed by atoms with Crippen molar-refractivity contribution >= 4 is 23.4 Å². The Bertz CT molecular complexity index is 1520. The average Bonchev–Trinajstić information content (AvgIpc) is 3.17. The van der Waals surface area contributed by atoms with E-state index in [4.69, 9.17) is 18.9 Å². The van der Waals surface area contributed by atoms with Crippen LogP contribution in [0.5, 0.6) is 17.2 Å². The highest BCUT2D eigenvalue weighted by Crippen LogP contribution is 2.35. The molecular formula is C26H24N2O6S. The SMILES string of the molecule is CCOC(=O)C1=C(C)N=c2s/c(=C\c3ccc4c(c3)OCCO4)c(=O)n2[C@H]1c1ccccc1OC. The zero-order valence-electron chi connectivity index (χ0n) is 19.6. The van der Waals surface area contributed by atoms with Crippen LogP contribution in [-0.2, 0) is 9.53 Å². The third kappa shape index (κ3) is 4.12. The molecule has 0 N–H and O–H groups in total. The molecular weight excluding hydrogens is 468 g/mol. The number of carbonyl (C=O) groups excluding carboxylic acids is 1. The Morgan fingerprint density at radius 2 is 1.97 bits per heavy atom. The Morgan fingerprint density at radius 1 is 1.20 bits per heavy atom. The highest BCUT2D eigenvalue weighted by molar-refractivity contribution is 7.07. The first-order valence-electron chi connectivity index (χ1n) is 11.2. The molecule has 3 heterocycles. The number of fused-ring (bicyclic) bond motifs is 2. The maximum Gasteiger partial charge on any atom is 0.338 e. The lowest BCUT2D eigenvalue weighted by atomic mass is 9.95. The van der Waals surface area contributed by atoms with Gasteiger partial charge in [0.25, 0.3) is 5.56 Å². The monoisotopic (exact) mass is 492 g/mol. The molecule has 35 heavy (non-hydrogen) atoms. The minimum Gasteiger partial charge on any atom is -0.496 e. The van der Waals surface area contributed by atoms with Crippen LogP contribution in [0.2, 0.25) is 0 Å². The van der Waals surface area contributed by atoms with Gasteiger partial charge in [0, 0.05) is 5.56 Å². The summed E-state index contributed by atoms with van der Waals surface area (Å²) in [6.45, 7) is 4.70. The first kappa shape index (κ1) is 22.9. The predicted octanol–water partition coefficient (Wildman–Crippen LogP) is 2.58. The Morgan fingerprint density at radius 3 is 2.74 bits per heavy atom. The van der Waals surface area contributed by atoms with E-state index in [9.17, 15) is 9.59 Å². The van der Waals surface area contributed by atoms with Crippen LogP contribution in [0.15, 0.2) is 63.5 Å². The van der Waals surface area contributed by atoms with E-state index in [1.807, 2.05) is 36.4 Å². The zero-order valence-corrected chi connectivity index (χ0v) is 20.4. The number of thiazole rings is 1. The predicted molar refractivity (Wildman–Crippen MR) is 131 cm³/mol. The van der Waals surface area contributed by atoms with Gasteiger partial charge < -0.3 is 18.9 Å². The number of methoxy groups -OCH3 is 1. The number of hydrogen-bond acceptors (Lipinski definition) is 8. The molecule has 1 atom stereocenters. The standard InChI is InChI=1S/C26H24N2O6S/c1-4-32-25(30)22-15(2)27-26-28(23(22)17-7-5-6-8-18(17)31-3)24(29)21(35-26)14-16-9-10-19-20(13-16)34-12-11-33-19/h5-10,13-14,23H,4,11-12H2,1-3H3/b21-14-/t23-/m0/s1. The number of para-hydroxylation sites is 1. The fourth-order valence-corrected chi connectivity index (χ4v) is 5.33. The molecule has 0 amide bonds. The summed E-state index contributed by atoms with van der Waals surface area (Å²) in [5.41, 5.74) is 2.05. The third-order valence-electron chi connectivity index (χ3n) is 5.81. The van der Waals surface area contributed by atoms with Crippen LogP contribution >= 0.6 is 11.3 Å². The average molecular weight is 493 g/mol. The molecule has 3 aromatic rings. The molecule has 0 bridgehead atoms. The van der Waals surface area contributed by atoms with E-state index in [1.165, 1.54) is 11.3 Å². The van der Waals surface area contributed by atoms with Crippen LogP contribution in [0.3, 0.4) is 0 Å². The van der Waals surface area contributed by atoms with Crippen molar-refractivity contribution in [1.82, 2.24) is 4.57 Å². The Balaban J connectivity index is 1.70. The fourth-order valence-electron chi connectivity index (χ4n) is 4.28. The van der Waals surface area contributed by atoms with Crippen molar-refractivity contribution in [2.45, 2.75) is 19.9 Å². The normalized spacial score (nSPS) is 17.0. The van der Waals surface area contributed by atoms with E-state index >= 15 is 0 Å². The van der Waals surface area contributed by atoms with E-state index in [2.05, 4.69) is 4.99 Å². The highest BCUT2D eigenvalue weighted by Gasteiger charge is 2.34. The topological polar surface area (TPSA) is 88.4 Å². The number of aromatic nitrogens is 1. The van der Waals surface area contributed by atoms with Gasteiger partial charge in [-0.3, -0.25) is 9.36 Å². The van der Waals surface area contributed by atoms with Crippen LogP contribution in [0.1, 0.15) is 31.0 Å². The molecule has 0 saturated carbocycles. The summed E-state index contributed by atoms with van der Waals surface area (Å²) in [5.74, 6) is 1.38. The van der Waals surface area contributed by atoms with Gasteiger partial charge in [0.2, 0.25) is 0 Å². The molecule has 0 fully saturated rings. The van der Waals surface area contributed by atoms with Gasteiger partial charge in [-0.1, -0.05) is 35.6 Å². The molecule has 0 unspecified atom stereocenters. The summed E-state index contributed by atoms with van der Waals surface area (Å²) >= 11 is 1.27. The summed E-state index contributed by atoms with van der Waals surface area (Å²) in [5, 5.41) is 0. The fraction of sp³-hybridized carbons (Fsp3) is 0.269. The first-order valence-corrected chi connectivity index (χ1v) is 12.1. The van der Waals surface area contributed by atoms with Crippen molar-refractivity contribution in [2.75, 3.05) is 26.9 Å². The molecule has 2 aromatic carbocycles. The number of rotatable bonds is 5. The number of nitrogens with zero attached hydrogens (tertiary/aromatic N) is 2. The van der Waals surface area contributed by atoms with Gasteiger partial charge in [0.1, 0.15) is 25.0 Å². The molecule has 2 aliphatic heterocycles. The molecule has 1 aromatic heterocycles. The van der Waals surface area contributed by atoms with Gasteiger partial charge in [-0.25, -0.2) is 9.79 Å². The van der Waals surface area contributed by atoms with Crippen LogP contribution < -0.4 is 29.1 Å². The number of hydrogen-bond donors (Lipinski definition) is 0. The molecule has 8 nitrogen and oxygen atoms in total. The number of ether oxygens (including phenoxy) is 4. The van der Waals surface area contributed by atoms with E-state index in [1.54, 1.807) is 37.7 Å². The van der Waals surface area contributed by atoms with Crippen LogP contribution in [0, 0.1) is 0 Å². The molecule has 5 rings (SSSR count). The number of allylic oxidation sites excluding steroid dienone is 1. The van der Waals surface area contributed by atoms with Crippen molar-refractivity contribution in [2.24, 2.45) is 4.99 Å². The molecule has 0 radical (unpaired) electrons. The summed E-state index contributed by atoms with van der Waals surface area (Å²) in [6.07, 6.45) is 1.80. The Labute approximate surface area is 205 Å². The summed E-state index contributed by atoms with van der Waals surface area (Å²) in [7, 11) is 1.56. The van der Waals surface area contributed by atoms with Gasteiger partial charge in [-0.15, -0.1) is 0 Å². The minimum absolute atomic E-state index is 0.211. The zero-order chi connectivity index (χ0) is 24.5. The Hall–Kier alpha value is -3.85. The van der Waals surface area contributed by atoms with Crippen LogP contribution in [-0.4, -0.2) is 37.5 Å². The molecule has 0 saturated heterocycles. The minimum atomic E-state index is -0.733. The second-order valence-electron chi connectivity index (χ2n) is 7.95. The quantitative estimate of drug-likeness (QED) is 0.509. The van der Waals surface area contributed by atoms with Gasteiger partial charge in [-0.2, -0.15) is 0 Å². The van der Waals surface area contributed by atoms with Gasteiger partial charge in [0.05, 0.1) is 29.5 Å². The second-order valence-corrected chi connectivity index (χ2v) is 8.96. The number of esters is 1. The highest BCUT2D eigenvalue weighted by atomic mass is 32.1. The van der Waals surface area contributed by atoms with Gasteiger partial charge in [0.15, 0.2) is 16.3 Å². The summed E-state index contributed by atoms with van der Waals surface area (Å²) < 4.78 is 24.2. The van der Waals surface area contributed by atoms with Crippen molar-refractivity contribution in [1.29, 1.82) is 0 Å². The molecule has 180 valence electrons. The van der Waals surface area contributed by atoms with Crippen LogP contribution in [0.4, 0.5) is 0 Å². The van der Waals surface area contributed by atoms with E-state index < -0.39 is 12.0 Å². The third-order valence-corrected chi connectivity index (χ3v) is 6.80. The number of carbonyl (C=O) groups is 1. The maximum atomic E-state index is 13.7. The molecule has 2 aliphatic rings. The van der Waals surface area contributed by atoms with Gasteiger partial charge >= 0.3 is 5.97 Å².